The van der Waals surface area contributed by atoms with Crippen LogP contribution >= 0.6 is 0 Å². The molecule has 0 aromatic heterocycles. The van der Waals surface area contributed by atoms with Crippen LogP contribution in [0.3, 0.4) is 0 Å². The first kappa shape index (κ1) is 16.3. The molecule has 1 unspecified atom stereocenters. The van der Waals surface area contributed by atoms with Crippen molar-refractivity contribution in [1.82, 2.24) is 5.32 Å². The van der Waals surface area contributed by atoms with Crippen LogP contribution in [0.1, 0.15) is 38.3 Å². The molecule has 1 atom stereocenters. The standard InChI is InChI=1S/C17H27NO3/c1-16(2)10-13-6-5-7-14(15(13)21-16)11-18-17(3,8-9-19)12-20-4/h5-7,18-19H,8-12H2,1-4H3. The summed E-state index contributed by atoms with van der Waals surface area (Å²) in [7, 11) is 1.68. The Morgan fingerprint density at radius 2 is 2.19 bits per heavy atom. The van der Waals surface area contributed by atoms with Crippen molar-refractivity contribution < 1.29 is 14.6 Å². The number of hydrogen-bond acceptors (Lipinski definition) is 4. The average molecular weight is 293 g/mol. The van der Waals surface area contributed by atoms with Crippen molar-refractivity contribution in [2.45, 2.75) is 51.3 Å². The fourth-order valence-electron chi connectivity index (χ4n) is 2.90. The zero-order valence-electron chi connectivity index (χ0n) is 13.5. The molecule has 0 saturated heterocycles. The van der Waals surface area contributed by atoms with Crippen molar-refractivity contribution >= 4 is 0 Å². The zero-order valence-corrected chi connectivity index (χ0v) is 13.5. The fraction of sp³-hybridized carbons (Fsp3) is 0.647. The van der Waals surface area contributed by atoms with E-state index >= 15 is 0 Å². The second-order valence-electron chi connectivity index (χ2n) is 6.76. The smallest absolute Gasteiger partial charge is 0.127 e. The Morgan fingerprint density at radius 1 is 1.43 bits per heavy atom. The fourth-order valence-corrected chi connectivity index (χ4v) is 2.90. The summed E-state index contributed by atoms with van der Waals surface area (Å²) in [6.07, 6.45) is 1.60. The van der Waals surface area contributed by atoms with Crippen LogP contribution in [0, 0.1) is 0 Å². The van der Waals surface area contributed by atoms with Gasteiger partial charge in [-0.25, -0.2) is 0 Å². The molecule has 0 radical (unpaired) electrons. The lowest BCUT2D eigenvalue weighted by atomic mass is 9.98. The Labute approximate surface area is 127 Å². The molecule has 1 aromatic rings. The monoisotopic (exact) mass is 293 g/mol. The molecular weight excluding hydrogens is 266 g/mol. The Bertz CT molecular complexity index is 479. The summed E-state index contributed by atoms with van der Waals surface area (Å²) in [5.74, 6) is 1.01. The van der Waals surface area contributed by atoms with E-state index in [0.717, 1.165) is 12.2 Å². The third-order valence-corrected chi connectivity index (χ3v) is 4.00. The molecule has 2 N–H and O–H groups in total. The normalized spacial score (nSPS) is 18.9. The van der Waals surface area contributed by atoms with Crippen LogP contribution in [0.25, 0.3) is 0 Å². The van der Waals surface area contributed by atoms with Crippen molar-refractivity contribution in [3.63, 3.8) is 0 Å². The second-order valence-corrected chi connectivity index (χ2v) is 6.76. The van der Waals surface area contributed by atoms with E-state index in [1.165, 1.54) is 11.1 Å². The zero-order chi connectivity index (χ0) is 15.5. The molecule has 0 saturated carbocycles. The summed E-state index contributed by atoms with van der Waals surface area (Å²) in [6.45, 7) is 7.72. The maximum absolute atomic E-state index is 9.23. The second kappa shape index (κ2) is 6.34. The minimum absolute atomic E-state index is 0.126. The molecule has 0 fully saturated rings. The quantitative estimate of drug-likeness (QED) is 0.810. The van der Waals surface area contributed by atoms with Crippen molar-refractivity contribution in [1.29, 1.82) is 0 Å². The number of fused-ring (bicyclic) bond motifs is 1. The third kappa shape index (κ3) is 3.96. The van der Waals surface area contributed by atoms with Crippen LogP contribution in [0.2, 0.25) is 0 Å². The summed E-state index contributed by atoms with van der Waals surface area (Å²) in [4.78, 5) is 0. The van der Waals surface area contributed by atoms with Crippen LogP contribution in [0.4, 0.5) is 0 Å². The van der Waals surface area contributed by atoms with Gasteiger partial charge in [-0.15, -0.1) is 0 Å². The first-order valence-corrected chi connectivity index (χ1v) is 7.54. The summed E-state index contributed by atoms with van der Waals surface area (Å²) in [6, 6.07) is 6.31. The number of benzene rings is 1. The Morgan fingerprint density at radius 3 is 2.86 bits per heavy atom. The Hall–Kier alpha value is -1.10. The average Bonchev–Trinajstić information content (AvgIpc) is 2.71. The van der Waals surface area contributed by atoms with Gasteiger partial charge in [-0.1, -0.05) is 18.2 Å². The molecule has 1 aromatic carbocycles. The van der Waals surface area contributed by atoms with Crippen LogP contribution < -0.4 is 10.1 Å². The molecule has 4 nitrogen and oxygen atoms in total. The molecule has 0 spiro atoms. The largest absolute Gasteiger partial charge is 0.487 e. The van der Waals surface area contributed by atoms with Crippen LogP contribution in [0.15, 0.2) is 18.2 Å². The topological polar surface area (TPSA) is 50.7 Å². The SMILES string of the molecule is COCC(C)(CCO)NCc1cccc2c1OC(C)(C)C2. The van der Waals surface area contributed by atoms with E-state index in [9.17, 15) is 5.11 Å². The maximum atomic E-state index is 9.23. The number of aliphatic hydroxyl groups excluding tert-OH is 1. The van der Waals surface area contributed by atoms with Crippen LogP contribution in [0.5, 0.6) is 5.75 Å². The summed E-state index contributed by atoms with van der Waals surface area (Å²) >= 11 is 0. The van der Waals surface area contributed by atoms with Gasteiger partial charge in [-0.05, 0) is 32.8 Å². The number of rotatable bonds is 7. The van der Waals surface area contributed by atoms with Crippen molar-refractivity contribution in [3.8, 4) is 5.75 Å². The van der Waals surface area contributed by atoms with Gasteiger partial charge < -0.3 is 19.9 Å². The molecule has 1 aliphatic rings. The molecule has 118 valence electrons. The molecule has 4 heteroatoms. The lowest BCUT2D eigenvalue weighted by Gasteiger charge is -2.30. The number of ether oxygens (including phenoxy) is 2. The summed E-state index contributed by atoms with van der Waals surface area (Å²) in [5, 5.41) is 12.7. The van der Waals surface area contributed by atoms with E-state index in [0.29, 0.717) is 19.6 Å². The van der Waals surface area contributed by atoms with E-state index < -0.39 is 0 Å². The van der Waals surface area contributed by atoms with Crippen LogP contribution in [-0.2, 0) is 17.7 Å². The Kier molecular flexibility index (Phi) is 4.91. The molecule has 0 bridgehead atoms. The van der Waals surface area contributed by atoms with Gasteiger partial charge in [0.1, 0.15) is 11.4 Å². The highest BCUT2D eigenvalue weighted by atomic mass is 16.5. The predicted molar refractivity (Wildman–Crippen MR) is 83.7 cm³/mol. The highest BCUT2D eigenvalue weighted by Crippen LogP contribution is 2.37. The number of nitrogens with one attached hydrogen (secondary N) is 1. The van der Waals surface area contributed by atoms with E-state index in [1.807, 2.05) is 0 Å². The molecule has 0 aliphatic carbocycles. The molecule has 2 rings (SSSR count). The minimum atomic E-state index is -0.236. The van der Waals surface area contributed by atoms with Gasteiger partial charge in [0.25, 0.3) is 0 Å². The first-order valence-electron chi connectivity index (χ1n) is 7.54. The first-order chi connectivity index (χ1) is 9.89. The van der Waals surface area contributed by atoms with E-state index in [2.05, 4.69) is 44.3 Å². The number of methoxy groups -OCH3 is 1. The minimum Gasteiger partial charge on any atom is -0.487 e. The number of hydrogen-bond donors (Lipinski definition) is 2. The van der Waals surface area contributed by atoms with Gasteiger partial charge in [0, 0.05) is 37.8 Å². The highest BCUT2D eigenvalue weighted by Gasteiger charge is 2.32. The van der Waals surface area contributed by atoms with Gasteiger partial charge in [-0.2, -0.15) is 0 Å². The lowest BCUT2D eigenvalue weighted by molar-refractivity contribution is 0.0962. The van der Waals surface area contributed by atoms with E-state index in [4.69, 9.17) is 9.47 Å². The third-order valence-electron chi connectivity index (χ3n) is 4.00. The highest BCUT2D eigenvalue weighted by molar-refractivity contribution is 5.45. The van der Waals surface area contributed by atoms with Crippen molar-refractivity contribution in [3.05, 3.63) is 29.3 Å². The summed E-state index contributed by atoms with van der Waals surface area (Å²) in [5.41, 5.74) is 2.08. The van der Waals surface area contributed by atoms with Gasteiger partial charge in [0.05, 0.1) is 6.61 Å². The molecular formula is C17H27NO3. The number of aliphatic hydroxyl groups is 1. The predicted octanol–water partition coefficient (Wildman–Crippen LogP) is 2.28. The molecule has 0 amide bonds. The van der Waals surface area contributed by atoms with Crippen LogP contribution in [-0.4, -0.2) is 36.6 Å². The van der Waals surface area contributed by atoms with Gasteiger partial charge in [-0.3, -0.25) is 0 Å². The molecule has 1 heterocycles. The Balaban J connectivity index is 2.10. The van der Waals surface area contributed by atoms with Crippen molar-refractivity contribution in [2.75, 3.05) is 20.3 Å². The molecule has 1 aliphatic heterocycles. The maximum Gasteiger partial charge on any atom is 0.127 e. The van der Waals surface area contributed by atoms with Gasteiger partial charge in [0.15, 0.2) is 0 Å². The molecule has 21 heavy (non-hydrogen) atoms. The van der Waals surface area contributed by atoms with Crippen molar-refractivity contribution in [2.24, 2.45) is 0 Å². The van der Waals surface area contributed by atoms with E-state index in [-0.39, 0.29) is 17.7 Å². The summed E-state index contributed by atoms with van der Waals surface area (Å²) < 4.78 is 11.4. The number of para-hydroxylation sites is 1. The van der Waals surface area contributed by atoms with Gasteiger partial charge >= 0.3 is 0 Å². The lowest BCUT2D eigenvalue weighted by Crippen LogP contribution is -2.46. The van der Waals surface area contributed by atoms with E-state index in [1.54, 1.807) is 7.11 Å². The van der Waals surface area contributed by atoms with Gasteiger partial charge in [0.2, 0.25) is 0 Å².